The Morgan fingerprint density at radius 3 is 2.33 bits per heavy atom. The minimum atomic E-state index is -0.450. The molecule has 0 bridgehead atoms. The van der Waals surface area contributed by atoms with Crippen molar-refractivity contribution in [2.24, 2.45) is 0 Å². The van der Waals surface area contributed by atoms with Gasteiger partial charge in [0.2, 0.25) is 5.91 Å². The van der Waals surface area contributed by atoms with Crippen LogP contribution >= 0.6 is 46.1 Å². The largest absolute Gasteiger partial charge is 0.343 e. The Bertz CT molecular complexity index is 671. The van der Waals surface area contributed by atoms with Crippen LogP contribution in [0.2, 0.25) is 13.7 Å². The van der Waals surface area contributed by atoms with Gasteiger partial charge < -0.3 is 10.6 Å². The second kappa shape index (κ2) is 7.13. The minimum absolute atomic E-state index is 0.175. The van der Waals surface area contributed by atoms with Gasteiger partial charge in [-0.2, -0.15) is 0 Å². The summed E-state index contributed by atoms with van der Waals surface area (Å²) in [7, 11) is 0. The van der Waals surface area contributed by atoms with E-state index in [2.05, 4.69) is 10.6 Å². The van der Waals surface area contributed by atoms with Crippen molar-refractivity contribution in [1.29, 1.82) is 0 Å². The summed E-state index contributed by atoms with van der Waals surface area (Å²) in [6.07, 6.45) is 0. The summed E-state index contributed by atoms with van der Waals surface area (Å²) >= 11 is 18.5. The van der Waals surface area contributed by atoms with E-state index < -0.39 is 5.91 Å². The Morgan fingerprint density at radius 2 is 1.76 bits per heavy atom. The lowest BCUT2D eigenvalue weighted by Crippen LogP contribution is -2.32. The summed E-state index contributed by atoms with van der Waals surface area (Å²) < 4.78 is 0.700. The van der Waals surface area contributed by atoms with Crippen molar-refractivity contribution in [2.75, 3.05) is 11.9 Å². The summed E-state index contributed by atoms with van der Waals surface area (Å²) in [5, 5.41) is 5.67. The van der Waals surface area contributed by atoms with Crippen LogP contribution in [-0.2, 0) is 4.79 Å². The molecule has 0 saturated heterocycles. The van der Waals surface area contributed by atoms with Gasteiger partial charge in [-0.25, -0.2) is 0 Å². The number of halogens is 3. The number of benzene rings is 1. The average molecular weight is 364 g/mol. The van der Waals surface area contributed by atoms with Gasteiger partial charge in [-0.05, 0) is 30.3 Å². The molecule has 0 radical (unpaired) electrons. The zero-order chi connectivity index (χ0) is 15.4. The monoisotopic (exact) mass is 362 g/mol. The van der Waals surface area contributed by atoms with Crippen molar-refractivity contribution in [3.8, 4) is 0 Å². The lowest BCUT2D eigenvalue weighted by Gasteiger charge is -2.06. The Morgan fingerprint density at radius 1 is 1.10 bits per heavy atom. The SMILES string of the molecule is O=C(CNC(=O)c1cc(Cl)sc1Cl)Nc1ccc(Cl)cc1. The molecule has 8 heteroatoms. The molecule has 4 nitrogen and oxygen atoms in total. The first kappa shape index (κ1) is 16.1. The average Bonchev–Trinajstić information content (AvgIpc) is 2.78. The zero-order valence-electron chi connectivity index (χ0n) is 10.5. The first-order valence-corrected chi connectivity index (χ1v) is 7.69. The summed E-state index contributed by atoms with van der Waals surface area (Å²) in [5.74, 6) is -0.808. The third kappa shape index (κ3) is 4.61. The van der Waals surface area contributed by atoms with Crippen LogP contribution in [0.15, 0.2) is 30.3 Å². The first-order valence-electron chi connectivity index (χ1n) is 5.74. The second-order valence-electron chi connectivity index (χ2n) is 3.98. The van der Waals surface area contributed by atoms with Crippen molar-refractivity contribution in [2.45, 2.75) is 0 Å². The van der Waals surface area contributed by atoms with E-state index in [0.717, 1.165) is 11.3 Å². The summed E-state index contributed by atoms with van der Waals surface area (Å²) in [6, 6.07) is 8.10. The van der Waals surface area contributed by atoms with Crippen LogP contribution < -0.4 is 10.6 Å². The van der Waals surface area contributed by atoms with Crippen LogP contribution in [0.1, 0.15) is 10.4 Å². The Kier molecular flexibility index (Phi) is 5.47. The highest BCUT2D eigenvalue weighted by atomic mass is 35.5. The predicted octanol–water partition coefficient (Wildman–Crippen LogP) is 4.08. The molecule has 0 aliphatic carbocycles. The van der Waals surface area contributed by atoms with E-state index in [0.29, 0.717) is 15.0 Å². The summed E-state index contributed by atoms with van der Waals surface area (Å²) in [5.41, 5.74) is 0.848. The van der Waals surface area contributed by atoms with Gasteiger partial charge in [0.15, 0.2) is 0 Å². The van der Waals surface area contributed by atoms with E-state index >= 15 is 0 Å². The molecule has 2 rings (SSSR count). The molecule has 0 saturated carbocycles. The molecule has 0 fully saturated rings. The van der Waals surface area contributed by atoms with Gasteiger partial charge in [0.1, 0.15) is 4.34 Å². The van der Waals surface area contributed by atoms with E-state index in [1.54, 1.807) is 24.3 Å². The fraction of sp³-hybridized carbons (Fsp3) is 0.0769. The maximum Gasteiger partial charge on any atom is 0.254 e. The molecule has 2 aromatic rings. The number of nitrogens with one attached hydrogen (secondary N) is 2. The molecule has 2 N–H and O–H groups in total. The van der Waals surface area contributed by atoms with E-state index in [-0.39, 0.29) is 22.4 Å². The van der Waals surface area contributed by atoms with E-state index in [1.807, 2.05) is 0 Å². The van der Waals surface area contributed by atoms with Crippen LogP contribution in [-0.4, -0.2) is 18.4 Å². The molecule has 0 aliphatic heterocycles. The van der Waals surface area contributed by atoms with Crippen LogP contribution in [0.4, 0.5) is 5.69 Å². The zero-order valence-corrected chi connectivity index (χ0v) is 13.5. The third-order valence-electron chi connectivity index (χ3n) is 2.44. The fourth-order valence-corrected chi connectivity index (χ4v) is 3.07. The highest BCUT2D eigenvalue weighted by Gasteiger charge is 2.15. The van der Waals surface area contributed by atoms with Gasteiger partial charge in [0, 0.05) is 10.7 Å². The maximum atomic E-state index is 11.8. The molecule has 0 aliphatic rings. The molecule has 0 spiro atoms. The summed E-state index contributed by atoms with van der Waals surface area (Å²) in [6.45, 7) is -0.175. The maximum absolute atomic E-state index is 11.8. The number of anilines is 1. The van der Waals surface area contributed by atoms with E-state index in [9.17, 15) is 9.59 Å². The standard InChI is InChI=1S/C13H9Cl3N2O2S/c14-7-1-3-8(4-2-7)18-11(19)6-17-13(20)9-5-10(15)21-12(9)16/h1-5H,6H2,(H,17,20)(H,18,19). The Hall–Kier alpha value is -1.27. The molecular weight excluding hydrogens is 355 g/mol. The molecule has 1 aromatic carbocycles. The lowest BCUT2D eigenvalue weighted by molar-refractivity contribution is -0.115. The number of hydrogen-bond acceptors (Lipinski definition) is 3. The van der Waals surface area contributed by atoms with Crippen LogP contribution in [0.5, 0.6) is 0 Å². The quantitative estimate of drug-likeness (QED) is 0.860. The second-order valence-corrected chi connectivity index (χ2v) is 6.70. The molecule has 110 valence electrons. The Labute approximate surface area is 140 Å². The summed E-state index contributed by atoms with van der Waals surface area (Å²) in [4.78, 5) is 23.5. The van der Waals surface area contributed by atoms with E-state index in [4.69, 9.17) is 34.8 Å². The Balaban J connectivity index is 1.88. The van der Waals surface area contributed by atoms with Gasteiger partial charge >= 0.3 is 0 Å². The molecule has 1 aromatic heterocycles. The molecular formula is C13H9Cl3N2O2S. The van der Waals surface area contributed by atoms with Crippen molar-refractivity contribution >= 4 is 63.6 Å². The smallest absolute Gasteiger partial charge is 0.254 e. The van der Waals surface area contributed by atoms with Gasteiger partial charge in [-0.1, -0.05) is 34.8 Å². The molecule has 0 atom stereocenters. The third-order valence-corrected chi connectivity index (χ3v) is 4.18. The van der Waals surface area contributed by atoms with Crippen molar-refractivity contribution in [3.63, 3.8) is 0 Å². The number of hydrogen-bond donors (Lipinski definition) is 2. The van der Waals surface area contributed by atoms with Crippen molar-refractivity contribution in [3.05, 3.63) is 49.6 Å². The number of thiophene rings is 1. The molecule has 0 unspecified atom stereocenters. The number of amides is 2. The van der Waals surface area contributed by atoms with Gasteiger partial charge in [0.05, 0.1) is 16.4 Å². The topological polar surface area (TPSA) is 58.2 Å². The van der Waals surface area contributed by atoms with Crippen LogP contribution in [0, 0.1) is 0 Å². The highest BCUT2D eigenvalue weighted by Crippen LogP contribution is 2.30. The molecule has 1 heterocycles. The number of rotatable bonds is 4. The van der Waals surface area contributed by atoms with Crippen LogP contribution in [0.25, 0.3) is 0 Å². The lowest BCUT2D eigenvalue weighted by atomic mass is 10.3. The predicted molar refractivity (Wildman–Crippen MR) is 86.8 cm³/mol. The van der Waals surface area contributed by atoms with Crippen molar-refractivity contribution < 1.29 is 9.59 Å². The number of carbonyl (C=O) groups excluding carboxylic acids is 2. The fourth-order valence-electron chi connectivity index (χ4n) is 1.49. The number of carbonyl (C=O) groups is 2. The highest BCUT2D eigenvalue weighted by molar-refractivity contribution is 7.20. The van der Waals surface area contributed by atoms with Gasteiger partial charge in [0.25, 0.3) is 5.91 Å². The van der Waals surface area contributed by atoms with Gasteiger partial charge in [-0.3, -0.25) is 9.59 Å². The minimum Gasteiger partial charge on any atom is -0.343 e. The molecule has 2 amide bonds. The van der Waals surface area contributed by atoms with Gasteiger partial charge in [-0.15, -0.1) is 11.3 Å². The van der Waals surface area contributed by atoms with Crippen molar-refractivity contribution in [1.82, 2.24) is 5.32 Å². The first-order chi connectivity index (χ1) is 9.95. The normalized spacial score (nSPS) is 10.2. The molecule has 21 heavy (non-hydrogen) atoms. The van der Waals surface area contributed by atoms with E-state index in [1.165, 1.54) is 6.07 Å². The van der Waals surface area contributed by atoms with Crippen LogP contribution in [0.3, 0.4) is 0 Å².